The van der Waals surface area contributed by atoms with Gasteiger partial charge in [0.1, 0.15) is 0 Å². The number of hydrogen-bond donors (Lipinski definition) is 2. The van der Waals surface area contributed by atoms with Crippen molar-refractivity contribution in [2.24, 2.45) is 11.7 Å². The average molecular weight is 301 g/mol. The molecule has 5 nitrogen and oxygen atoms in total. The Morgan fingerprint density at radius 1 is 1.32 bits per heavy atom. The third-order valence-corrected chi connectivity index (χ3v) is 4.84. The minimum Gasteiger partial charge on any atom is -0.366 e. The molecule has 1 saturated carbocycles. The van der Waals surface area contributed by atoms with Crippen LogP contribution in [0.4, 0.5) is 0 Å². The van der Waals surface area contributed by atoms with Crippen molar-refractivity contribution in [1.82, 2.24) is 10.2 Å². The van der Waals surface area contributed by atoms with Gasteiger partial charge in [-0.1, -0.05) is 19.1 Å². The molecular formula is C17H23N3O2. The van der Waals surface area contributed by atoms with Crippen LogP contribution in [0, 0.1) is 5.92 Å². The van der Waals surface area contributed by atoms with Gasteiger partial charge in [-0.3, -0.25) is 9.59 Å². The highest BCUT2D eigenvalue weighted by molar-refractivity contribution is 5.92. The van der Waals surface area contributed by atoms with Crippen LogP contribution in [0.5, 0.6) is 0 Å². The lowest BCUT2D eigenvalue weighted by atomic mass is 10.0. The van der Waals surface area contributed by atoms with E-state index in [9.17, 15) is 9.59 Å². The van der Waals surface area contributed by atoms with Gasteiger partial charge in [0.15, 0.2) is 0 Å². The monoisotopic (exact) mass is 301 g/mol. The molecule has 2 aliphatic rings. The molecule has 2 unspecified atom stereocenters. The lowest BCUT2D eigenvalue weighted by Gasteiger charge is -2.36. The molecule has 0 radical (unpaired) electrons. The number of carbonyl (C=O) groups excluding carboxylic acids is 2. The van der Waals surface area contributed by atoms with E-state index >= 15 is 0 Å². The quantitative estimate of drug-likeness (QED) is 0.874. The Balaban J connectivity index is 1.65. The van der Waals surface area contributed by atoms with Crippen molar-refractivity contribution >= 4 is 11.8 Å². The highest BCUT2D eigenvalue weighted by Gasteiger charge is 2.46. The van der Waals surface area contributed by atoms with Crippen LogP contribution in [-0.2, 0) is 4.79 Å². The standard InChI is InChI=1S/C17H23N3O2/c1-2-13-10-19-7-8-20(13)17(22)15-9-14(15)11-3-5-12(6-4-11)16(18)21/h3-6,13-15,19H,2,7-10H2,1H3,(H2,18,21)/t13-,14?,15?/m1/s1. The number of benzene rings is 1. The number of nitrogens with two attached hydrogens (primary N) is 1. The maximum absolute atomic E-state index is 12.7. The second-order valence-corrected chi connectivity index (χ2v) is 6.23. The largest absolute Gasteiger partial charge is 0.366 e. The second kappa shape index (κ2) is 6.08. The number of nitrogens with one attached hydrogen (secondary N) is 1. The molecule has 0 bridgehead atoms. The fourth-order valence-electron chi connectivity index (χ4n) is 3.36. The highest BCUT2D eigenvalue weighted by atomic mass is 16.2. The molecule has 1 saturated heterocycles. The molecular weight excluding hydrogens is 278 g/mol. The molecule has 3 atom stereocenters. The van der Waals surface area contributed by atoms with E-state index in [4.69, 9.17) is 5.73 Å². The zero-order chi connectivity index (χ0) is 15.7. The van der Waals surface area contributed by atoms with E-state index < -0.39 is 5.91 Å². The van der Waals surface area contributed by atoms with E-state index in [2.05, 4.69) is 17.1 Å². The summed E-state index contributed by atoms with van der Waals surface area (Å²) in [6.45, 7) is 4.71. The van der Waals surface area contributed by atoms with Gasteiger partial charge in [0.05, 0.1) is 0 Å². The van der Waals surface area contributed by atoms with Crippen molar-refractivity contribution in [2.45, 2.75) is 31.7 Å². The average Bonchev–Trinajstić information content (AvgIpc) is 3.35. The van der Waals surface area contributed by atoms with Gasteiger partial charge in [0.2, 0.25) is 11.8 Å². The number of nitrogens with zero attached hydrogens (tertiary/aromatic N) is 1. The van der Waals surface area contributed by atoms with Crippen LogP contribution < -0.4 is 11.1 Å². The van der Waals surface area contributed by atoms with Crippen LogP contribution in [0.2, 0.25) is 0 Å². The van der Waals surface area contributed by atoms with Crippen molar-refractivity contribution in [2.75, 3.05) is 19.6 Å². The molecule has 0 spiro atoms. The third-order valence-electron chi connectivity index (χ3n) is 4.84. The molecule has 1 aliphatic carbocycles. The van der Waals surface area contributed by atoms with E-state index in [-0.39, 0.29) is 11.8 Å². The van der Waals surface area contributed by atoms with Gasteiger partial charge < -0.3 is 16.0 Å². The van der Waals surface area contributed by atoms with Crippen LogP contribution in [0.15, 0.2) is 24.3 Å². The molecule has 1 aromatic rings. The predicted octanol–water partition coefficient (Wildman–Crippen LogP) is 1.10. The van der Waals surface area contributed by atoms with Gasteiger partial charge in [0.25, 0.3) is 0 Å². The maximum Gasteiger partial charge on any atom is 0.248 e. The smallest absolute Gasteiger partial charge is 0.248 e. The van der Waals surface area contributed by atoms with Crippen LogP contribution >= 0.6 is 0 Å². The summed E-state index contributed by atoms with van der Waals surface area (Å²) in [7, 11) is 0. The first-order valence-electron chi connectivity index (χ1n) is 8.02. The van der Waals surface area contributed by atoms with Gasteiger partial charge in [-0.2, -0.15) is 0 Å². The summed E-state index contributed by atoms with van der Waals surface area (Å²) in [5.74, 6) is 0.271. The number of primary amides is 1. The van der Waals surface area contributed by atoms with Crippen molar-refractivity contribution in [3.05, 3.63) is 35.4 Å². The van der Waals surface area contributed by atoms with Gasteiger partial charge in [-0.15, -0.1) is 0 Å². The summed E-state index contributed by atoms with van der Waals surface area (Å²) in [5, 5.41) is 3.35. The minimum absolute atomic E-state index is 0.103. The second-order valence-electron chi connectivity index (χ2n) is 6.23. The Bertz CT molecular complexity index is 570. The summed E-state index contributed by atoms with van der Waals surface area (Å²) in [5.41, 5.74) is 6.90. The lowest BCUT2D eigenvalue weighted by Crippen LogP contribution is -2.53. The van der Waals surface area contributed by atoms with Gasteiger partial charge in [-0.05, 0) is 36.5 Å². The molecule has 1 aromatic carbocycles. The van der Waals surface area contributed by atoms with E-state index in [1.165, 1.54) is 0 Å². The van der Waals surface area contributed by atoms with Crippen LogP contribution in [0.25, 0.3) is 0 Å². The Morgan fingerprint density at radius 3 is 2.68 bits per heavy atom. The normalized spacial score (nSPS) is 27.5. The molecule has 1 heterocycles. The number of hydrogen-bond acceptors (Lipinski definition) is 3. The Labute approximate surface area is 130 Å². The van der Waals surface area contributed by atoms with E-state index in [1.54, 1.807) is 12.1 Å². The van der Waals surface area contributed by atoms with E-state index in [1.807, 2.05) is 12.1 Å². The van der Waals surface area contributed by atoms with Crippen LogP contribution in [0.1, 0.15) is 41.6 Å². The lowest BCUT2D eigenvalue weighted by molar-refractivity contribution is -0.135. The SMILES string of the molecule is CC[C@@H]1CNCCN1C(=O)C1CC1c1ccc(C(N)=O)cc1. The van der Waals surface area contributed by atoms with Gasteiger partial charge >= 0.3 is 0 Å². The highest BCUT2D eigenvalue weighted by Crippen LogP contribution is 2.48. The number of carbonyl (C=O) groups is 2. The molecule has 2 amide bonds. The number of piperazine rings is 1. The Hall–Kier alpha value is -1.88. The van der Waals surface area contributed by atoms with Crippen LogP contribution in [0.3, 0.4) is 0 Å². The molecule has 1 aliphatic heterocycles. The zero-order valence-corrected chi connectivity index (χ0v) is 12.9. The Morgan fingerprint density at radius 2 is 2.05 bits per heavy atom. The summed E-state index contributed by atoms with van der Waals surface area (Å²) in [6, 6.07) is 7.66. The van der Waals surface area contributed by atoms with Crippen molar-refractivity contribution in [3.8, 4) is 0 Å². The molecule has 0 aromatic heterocycles. The molecule has 3 rings (SSSR count). The first kappa shape index (κ1) is 15.0. The van der Waals surface area contributed by atoms with Crippen LogP contribution in [-0.4, -0.2) is 42.4 Å². The predicted molar refractivity (Wildman–Crippen MR) is 84.5 cm³/mol. The fraction of sp³-hybridized carbons (Fsp3) is 0.529. The molecule has 2 fully saturated rings. The van der Waals surface area contributed by atoms with E-state index in [0.717, 1.165) is 38.0 Å². The van der Waals surface area contributed by atoms with Crippen molar-refractivity contribution in [3.63, 3.8) is 0 Å². The third kappa shape index (κ3) is 2.86. The summed E-state index contributed by atoms with van der Waals surface area (Å²) in [6.07, 6.45) is 1.90. The molecule has 118 valence electrons. The molecule has 3 N–H and O–H groups in total. The zero-order valence-electron chi connectivity index (χ0n) is 12.9. The molecule has 22 heavy (non-hydrogen) atoms. The Kier molecular flexibility index (Phi) is 4.16. The first-order chi connectivity index (χ1) is 10.6. The minimum atomic E-state index is -0.415. The number of rotatable bonds is 4. The topological polar surface area (TPSA) is 75.4 Å². The van der Waals surface area contributed by atoms with Crippen molar-refractivity contribution < 1.29 is 9.59 Å². The van der Waals surface area contributed by atoms with Gasteiger partial charge in [0, 0.05) is 37.2 Å². The fourth-order valence-corrected chi connectivity index (χ4v) is 3.36. The number of amides is 2. The first-order valence-corrected chi connectivity index (χ1v) is 8.02. The summed E-state index contributed by atoms with van der Waals surface area (Å²) < 4.78 is 0. The molecule has 5 heteroatoms. The van der Waals surface area contributed by atoms with E-state index in [0.29, 0.717) is 17.5 Å². The maximum atomic E-state index is 12.7. The summed E-state index contributed by atoms with van der Waals surface area (Å²) in [4.78, 5) is 25.9. The summed E-state index contributed by atoms with van der Waals surface area (Å²) >= 11 is 0. The van der Waals surface area contributed by atoms with Crippen molar-refractivity contribution in [1.29, 1.82) is 0 Å². The van der Waals surface area contributed by atoms with Gasteiger partial charge in [-0.25, -0.2) is 0 Å².